The van der Waals surface area contributed by atoms with Crippen LogP contribution in [0.4, 0.5) is 11.5 Å². The number of hydrogen-bond acceptors (Lipinski definition) is 6. The molecule has 23 heavy (non-hydrogen) atoms. The van der Waals surface area contributed by atoms with Crippen LogP contribution in [-0.4, -0.2) is 53.7 Å². The van der Waals surface area contributed by atoms with Crippen LogP contribution in [0.15, 0.2) is 12.3 Å². The highest BCUT2D eigenvalue weighted by molar-refractivity contribution is 5.60. The minimum atomic E-state index is -0.347. The molecular formula is C16H24N4O3. The van der Waals surface area contributed by atoms with Gasteiger partial charge in [0, 0.05) is 44.0 Å². The fourth-order valence-electron chi connectivity index (χ4n) is 3.43. The van der Waals surface area contributed by atoms with E-state index in [1.54, 1.807) is 19.2 Å². The second-order valence-electron chi connectivity index (χ2n) is 6.53. The molecule has 0 radical (unpaired) electrons. The normalized spacial score (nSPS) is 23.1. The summed E-state index contributed by atoms with van der Waals surface area (Å²) in [7, 11) is 0. The first-order valence-corrected chi connectivity index (χ1v) is 8.30. The molecule has 1 aromatic rings. The highest BCUT2D eigenvalue weighted by Crippen LogP contribution is 2.27. The van der Waals surface area contributed by atoms with E-state index >= 15 is 0 Å². The summed E-state index contributed by atoms with van der Waals surface area (Å²) < 4.78 is 5.43. The molecule has 7 nitrogen and oxygen atoms in total. The molecule has 2 fully saturated rings. The van der Waals surface area contributed by atoms with Gasteiger partial charge in [-0.1, -0.05) is 0 Å². The van der Waals surface area contributed by atoms with Crippen molar-refractivity contribution in [1.29, 1.82) is 0 Å². The lowest BCUT2D eigenvalue weighted by atomic mass is 10.0. The van der Waals surface area contributed by atoms with Gasteiger partial charge in [-0.15, -0.1) is 0 Å². The highest BCUT2D eigenvalue weighted by atomic mass is 16.6. The molecule has 1 N–H and O–H groups in total. The van der Waals surface area contributed by atoms with Gasteiger partial charge < -0.3 is 15.0 Å². The molecule has 1 atom stereocenters. The molecular weight excluding hydrogens is 296 g/mol. The van der Waals surface area contributed by atoms with Crippen LogP contribution in [0.5, 0.6) is 0 Å². The molecule has 0 aliphatic carbocycles. The Morgan fingerprint density at radius 1 is 1.43 bits per heavy atom. The quantitative estimate of drug-likeness (QED) is 0.662. The van der Waals surface area contributed by atoms with Crippen molar-refractivity contribution in [2.24, 2.45) is 5.92 Å². The Morgan fingerprint density at radius 3 is 2.87 bits per heavy atom. The number of hydrogen-bond donors (Lipinski definition) is 1. The molecule has 3 rings (SSSR count). The summed E-state index contributed by atoms with van der Waals surface area (Å²) >= 11 is 0. The summed E-state index contributed by atoms with van der Waals surface area (Å²) in [6.07, 6.45) is 4.76. The van der Waals surface area contributed by atoms with Gasteiger partial charge in [-0.3, -0.25) is 10.1 Å². The second kappa shape index (κ2) is 7.23. The Balaban J connectivity index is 1.54. The third-order valence-electron chi connectivity index (χ3n) is 4.78. The Hall–Kier alpha value is -1.73. The van der Waals surface area contributed by atoms with Gasteiger partial charge in [0.15, 0.2) is 0 Å². The maximum absolute atomic E-state index is 11.2. The van der Waals surface area contributed by atoms with Crippen LogP contribution in [0.1, 0.15) is 24.8 Å². The molecule has 2 saturated heterocycles. The molecule has 2 aliphatic heterocycles. The highest BCUT2D eigenvalue weighted by Gasteiger charge is 2.26. The third kappa shape index (κ3) is 3.97. The lowest BCUT2D eigenvalue weighted by Crippen LogP contribution is -2.41. The first kappa shape index (κ1) is 16.1. The summed E-state index contributed by atoms with van der Waals surface area (Å²) in [6, 6.07) is 1.93. The fourth-order valence-corrected chi connectivity index (χ4v) is 3.43. The van der Waals surface area contributed by atoms with E-state index in [0.29, 0.717) is 17.3 Å². The third-order valence-corrected chi connectivity index (χ3v) is 4.78. The van der Waals surface area contributed by atoms with E-state index in [9.17, 15) is 10.1 Å². The molecule has 1 aromatic heterocycles. The van der Waals surface area contributed by atoms with E-state index in [1.165, 1.54) is 0 Å². The van der Waals surface area contributed by atoms with Crippen LogP contribution in [0.3, 0.4) is 0 Å². The molecule has 0 aromatic carbocycles. The number of ether oxygens (including phenoxy) is 1. The van der Waals surface area contributed by atoms with Crippen LogP contribution in [0, 0.1) is 23.0 Å². The first-order chi connectivity index (χ1) is 11.1. The second-order valence-corrected chi connectivity index (χ2v) is 6.53. The van der Waals surface area contributed by atoms with Crippen molar-refractivity contribution in [3.05, 3.63) is 27.9 Å². The van der Waals surface area contributed by atoms with Crippen molar-refractivity contribution in [2.45, 2.75) is 32.2 Å². The number of nitrogens with zero attached hydrogens (tertiary/aromatic N) is 3. The van der Waals surface area contributed by atoms with Gasteiger partial charge in [0.1, 0.15) is 0 Å². The van der Waals surface area contributed by atoms with E-state index in [1.807, 2.05) is 0 Å². The van der Waals surface area contributed by atoms with Gasteiger partial charge in [-0.2, -0.15) is 0 Å². The predicted octanol–water partition coefficient (Wildman–Crippen LogP) is 2.21. The van der Waals surface area contributed by atoms with Crippen LogP contribution in [-0.2, 0) is 4.74 Å². The molecule has 2 aliphatic rings. The van der Waals surface area contributed by atoms with Crippen LogP contribution in [0.25, 0.3) is 0 Å². The van der Waals surface area contributed by atoms with Gasteiger partial charge in [-0.25, -0.2) is 4.98 Å². The smallest absolute Gasteiger partial charge is 0.314 e. The average Bonchev–Trinajstić information content (AvgIpc) is 3.02. The summed E-state index contributed by atoms with van der Waals surface area (Å²) in [5.41, 5.74) is 0.740. The maximum Gasteiger partial charge on any atom is 0.314 e. The summed E-state index contributed by atoms with van der Waals surface area (Å²) in [4.78, 5) is 17.5. The molecule has 7 heteroatoms. The zero-order valence-electron chi connectivity index (χ0n) is 13.5. The largest absolute Gasteiger partial charge is 0.381 e. The Morgan fingerprint density at radius 2 is 2.22 bits per heavy atom. The number of anilines is 1. The van der Waals surface area contributed by atoms with E-state index in [2.05, 4.69) is 15.2 Å². The fraction of sp³-hybridized carbons (Fsp3) is 0.688. The lowest BCUT2D eigenvalue weighted by Gasteiger charge is -2.33. The number of nitrogens with one attached hydrogen (secondary N) is 1. The van der Waals surface area contributed by atoms with Crippen molar-refractivity contribution in [2.75, 3.05) is 38.2 Å². The monoisotopic (exact) mass is 320 g/mol. The number of aromatic nitrogens is 1. The number of likely N-dealkylation sites (tertiary alicyclic amines) is 1. The van der Waals surface area contributed by atoms with Gasteiger partial charge in [0.05, 0.1) is 11.5 Å². The predicted molar refractivity (Wildman–Crippen MR) is 87.6 cm³/mol. The van der Waals surface area contributed by atoms with E-state index in [0.717, 1.165) is 52.1 Å². The van der Waals surface area contributed by atoms with Crippen molar-refractivity contribution in [1.82, 2.24) is 9.88 Å². The molecule has 0 amide bonds. The van der Waals surface area contributed by atoms with Crippen LogP contribution in [0.2, 0.25) is 0 Å². The average molecular weight is 320 g/mol. The molecule has 126 valence electrons. The number of piperidine rings is 1. The molecule has 0 bridgehead atoms. The molecule has 1 unspecified atom stereocenters. The van der Waals surface area contributed by atoms with E-state index < -0.39 is 0 Å². The summed E-state index contributed by atoms with van der Waals surface area (Å²) in [5.74, 6) is 1.07. The van der Waals surface area contributed by atoms with Crippen LogP contribution < -0.4 is 5.32 Å². The minimum Gasteiger partial charge on any atom is -0.381 e. The van der Waals surface area contributed by atoms with E-state index in [-0.39, 0.29) is 16.7 Å². The Bertz CT molecular complexity index is 552. The van der Waals surface area contributed by atoms with Gasteiger partial charge in [0.2, 0.25) is 5.82 Å². The van der Waals surface area contributed by atoms with Crippen LogP contribution >= 0.6 is 0 Å². The van der Waals surface area contributed by atoms with Crippen molar-refractivity contribution < 1.29 is 9.66 Å². The topological polar surface area (TPSA) is 80.5 Å². The minimum absolute atomic E-state index is 0.0954. The Kier molecular flexibility index (Phi) is 5.07. The molecule has 0 saturated carbocycles. The summed E-state index contributed by atoms with van der Waals surface area (Å²) in [5, 5.41) is 14.5. The SMILES string of the molecule is Cc1ccnc(NC2CCN(CC3CCOC3)CC2)c1[N+](=O)[O-]. The number of aryl methyl sites for hydroxylation is 1. The van der Waals surface area contributed by atoms with Crippen molar-refractivity contribution in [3.8, 4) is 0 Å². The number of pyridine rings is 1. The summed E-state index contributed by atoms with van der Waals surface area (Å²) in [6.45, 7) is 6.68. The van der Waals surface area contributed by atoms with Gasteiger partial charge >= 0.3 is 5.69 Å². The number of nitro groups is 1. The zero-order valence-corrected chi connectivity index (χ0v) is 13.5. The zero-order chi connectivity index (χ0) is 16.2. The Labute approximate surface area is 136 Å². The molecule has 3 heterocycles. The van der Waals surface area contributed by atoms with Crippen molar-refractivity contribution in [3.63, 3.8) is 0 Å². The standard InChI is InChI=1S/C16H24N4O3/c1-12-2-6-17-16(15(12)20(21)22)18-14-3-7-19(8-4-14)10-13-5-9-23-11-13/h2,6,13-14H,3-5,7-11H2,1H3,(H,17,18). The van der Waals surface area contributed by atoms with E-state index in [4.69, 9.17) is 4.74 Å². The maximum atomic E-state index is 11.2. The number of rotatable bonds is 5. The van der Waals surface area contributed by atoms with Gasteiger partial charge in [0.25, 0.3) is 0 Å². The van der Waals surface area contributed by atoms with Crippen molar-refractivity contribution >= 4 is 11.5 Å². The van der Waals surface area contributed by atoms with Gasteiger partial charge in [-0.05, 0) is 38.2 Å². The first-order valence-electron chi connectivity index (χ1n) is 8.30. The lowest BCUT2D eigenvalue weighted by molar-refractivity contribution is -0.384. The molecule has 0 spiro atoms.